The topological polar surface area (TPSA) is 87.3 Å². The highest BCUT2D eigenvalue weighted by Crippen LogP contribution is 2.09. The van der Waals surface area contributed by atoms with Gasteiger partial charge in [0.15, 0.2) is 0 Å². The molecule has 0 saturated heterocycles. The molecule has 3 amide bonds. The van der Waals surface area contributed by atoms with Crippen LogP contribution in [-0.2, 0) is 9.59 Å². The lowest BCUT2D eigenvalue weighted by Gasteiger charge is -2.20. The molecule has 0 saturated carbocycles. The van der Waals surface area contributed by atoms with Gasteiger partial charge in [-0.2, -0.15) is 0 Å². The highest BCUT2D eigenvalue weighted by molar-refractivity contribution is 5.94. The van der Waals surface area contributed by atoms with Gasteiger partial charge < -0.3 is 16.0 Å². The Labute approximate surface area is 139 Å². The number of carbonyl (C=O) groups is 3. The van der Waals surface area contributed by atoms with Crippen molar-refractivity contribution in [2.75, 3.05) is 13.1 Å². The van der Waals surface area contributed by atoms with Crippen molar-refractivity contribution in [2.24, 2.45) is 0 Å². The van der Waals surface area contributed by atoms with Gasteiger partial charge in [-0.05, 0) is 32.9 Å². The van der Waals surface area contributed by atoms with E-state index in [2.05, 4.69) is 16.0 Å². The summed E-state index contributed by atoms with van der Waals surface area (Å²) in [6.07, 6.45) is -0.0721. The predicted octanol–water partition coefficient (Wildman–Crippen LogP) is 1.12. The van der Waals surface area contributed by atoms with E-state index in [-0.39, 0.29) is 31.0 Å². The molecule has 8 heteroatoms. The Balaban J connectivity index is 2.32. The summed E-state index contributed by atoms with van der Waals surface area (Å²) in [6.45, 7) is 5.24. The maximum absolute atomic E-state index is 13.4. The molecule has 6 nitrogen and oxygen atoms in total. The number of benzene rings is 1. The third-order valence-electron chi connectivity index (χ3n) is 2.77. The third-order valence-corrected chi connectivity index (χ3v) is 2.77. The number of rotatable bonds is 6. The summed E-state index contributed by atoms with van der Waals surface area (Å²) in [5.74, 6) is -3.26. The number of amides is 3. The molecule has 0 atom stereocenters. The van der Waals surface area contributed by atoms with Crippen molar-refractivity contribution in [3.8, 4) is 0 Å². The zero-order valence-electron chi connectivity index (χ0n) is 13.8. The highest BCUT2D eigenvalue weighted by atomic mass is 19.1. The maximum atomic E-state index is 13.4. The zero-order valence-corrected chi connectivity index (χ0v) is 13.8. The first-order chi connectivity index (χ1) is 11.1. The van der Waals surface area contributed by atoms with E-state index in [1.807, 2.05) is 20.8 Å². The first kappa shape index (κ1) is 19.5. The molecule has 0 aromatic heterocycles. The summed E-state index contributed by atoms with van der Waals surface area (Å²) >= 11 is 0. The SMILES string of the molecule is CC(C)(C)NC(=O)CNC(=O)CCNC(=O)c1ccc(F)cc1F. The summed E-state index contributed by atoms with van der Waals surface area (Å²) in [5.41, 5.74) is -0.698. The molecule has 0 radical (unpaired) electrons. The molecule has 24 heavy (non-hydrogen) atoms. The molecular formula is C16H21F2N3O3. The molecule has 0 unspecified atom stereocenters. The fraction of sp³-hybridized carbons (Fsp3) is 0.438. The summed E-state index contributed by atoms with van der Waals surface area (Å²) < 4.78 is 26.2. The number of carbonyl (C=O) groups excluding carboxylic acids is 3. The van der Waals surface area contributed by atoms with Crippen LogP contribution in [0.2, 0.25) is 0 Å². The van der Waals surface area contributed by atoms with Gasteiger partial charge in [-0.25, -0.2) is 8.78 Å². The van der Waals surface area contributed by atoms with Crippen molar-refractivity contribution in [3.63, 3.8) is 0 Å². The second kappa shape index (κ2) is 8.37. The fourth-order valence-corrected chi connectivity index (χ4v) is 1.79. The third kappa shape index (κ3) is 7.17. The van der Waals surface area contributed by atoms with Crippen molar-refractivity contribution in [1.82, 2.24) is 16.0 Å². The monoisotopic (exact) mass is 341 g/mol. The zero-order chi connectivity index (χ0) is 18.3. The molecule has 3 N–H and O–H groups in total. The number of halogens is 2. The van der Waals surface area contributed by atoms with E-state index in [9.17, 15) is 23.2 Å². The first-order valence-corrected chi connectivity index (χ1v) is 7.39. The van der Waals surface area contributed by atoms with Crippen LogP contribution in [-0.4, -0.2) is 36.3 Å². The minimum absolute atomic E-state index is 0.0393. The van der Waals surface area contributed by atoms with Gasteiger partial charge in [0.1, 0.15) is 11.6 Å². The molecule has 0 bridgehead atoms. The number of hydrogen-bond donors (Lipinski definition) is 3. The predicted molar refractivity (Wildman–Crippen MR) is 84.2 cm³/mol. The molecule has 0 aliphatic heterocycles. The van der Waals surface area contributed by atoms with E-state index in [0.717, 1.165) is 12.1 Å². The molecule has 1 aromatic carbocycles. The second-order valence-corrected chi connectivity index (χ2v) is 6.20. The van der Waals surface area contributed by atoms with Crippen molar-refractivity contribution in [2.45, 2.75) is 32.7 Å². The van der Waals surface area contributed by atoms with Crippen LogP contribution in [0.4, 0.5) is 8.78 Å². The molecule has 1 aromatic rings. The van der Waals surface area contributed by atoms with Crippen LogP contribution in [0.3, 0.4) is 0 Å². The van der Waals surface area contributed by atoms with E-state index in [1.165, 1.54) is 0 Å². The lowest BCUT2D eigenvalue weighted by Crippen LogP contribution is -2.46. The molecule has 132 valence electrons. The van der Waals surface area contributed by atoms with E-state index in [4.69, 9.17) is 0 Å². The van der Waals surface area contributed by atoms with Gasteiger partial charge in [-0.3, -0.25) is 14.4 Å². The lowest BCUT2D eigenvalue weighted by atomic mass is 10.1. The van der Waals surface area contributed by atoms with Crippen LogP contribution in [0.5, 0.6) is 0 Å². The largest absolute Gasteiger partial charge is 0.351 e. The minimum Gasteiger partial charge on any atom is -0.351 e. The van der Waals surface area contributed by atoms with E-state index >= 15 is 0 Å². The smallest absolute Gasteiger partial charge is 0.254 e. The van der Waals surface area contributed by atoms with Crippen LogP contribution < -0.4 is 16.0 Å². The van der Waals surface area contributed by atoms with E-state index in [1.54, 1.807) is 0 Å². The average molecular weight is 341 g/mol. The summed E-state index contributed by atoms with van der Waals surface area (Å²) in [7, 11) is 0. The van der Waals surface area contributed by atoms with Gasteiger partial charge in [0.05, 0.1) is 12.1 Å². The molecule has 0 heterocycles. The lowest BCUT2D eigenvalue weighted by molar-refractivity contribution is -0.126. The van der Waals surface area contributed by atoms with E-state index in [0.29, 0.717) is 6.07 Å². The standard InChI is InChI=1S/C16H21F2N3O3/c1-16(2,3)21-14(23)9-20-13(22)6-7-19-15(24)11-5-4-10(17)8-12(11)18/h4-5,8H,6-7,9H2,1-3H3,(H,19,24)(H,20,22)(H,21,23). The normalized spacial score (nSPS) is 10.9. The van der Waals surface area contributed by atoms with Crippen LogP contribution in [0.15, 0.2) is 18.2 Å². The average Bonchev–Trinajstić information content (AvgIpc) is 2.43. The fourth-order valence-electron chi connectivity index (χ4n) is 1.79. The second-order valence-electron chi connectivity index (χ2n) is 6.20. The Hall–Kier alpha value is -2.51. The number of hydrogen-bond acceptors (Lipinski definition) is 3. The Morgan fingerprint density at radius 3 is 2.29 bits per heavy atom. The molecule has 0 aliphatic rings. The maximum Gasteiger partial charge on any atom is 0.254 e. The Bertz CT molecular complexity index is 627. The summed E-state index contributed by atoms with van der Waals surface area (Å²) in [6, 6.07) is 2.60. The van der Waals surface area contributed by atoms with Crippen LogP contribution >= 0.6 is 0 Å². The van der Waals surface area contributed by atoms with Gasteiger partial charge >= 0.3 is 0 Å². The molecule has 1 rings (SSSR count). The quantitative estimate of drug-likeness (QED) is 0.724. The van der Waals surface area contributed by atoms with Crippen molar-refractivity contribution >= 4 is 17.7 Å². The molecular weight excluding hydrogens is 320 g/mol. The van der Waals surface area contributed by atoms with Crippen molar-refractivity contribution in [1.29, 1.82) is 0 Å². The Kier molecular flexibility index (Phi) is 6.82. The summed E-state index contributed by atoms with van der Waals surface area (Å²) in [5, 5.41) is 7.45. The van der Waals surface area contributed by atoms with Crippen LogP contribution in [0.25, 0.3) is 0 Å². The van der Waals surface area contributed by atoms with Crippen molar-refractivity contribution < 1.29 is 23.2 Å². The molecule has 0 fully saturated rings. The minimum atomic E-state index is -0.976. The number of nitrogens with one attached hydrogen (secondary N) is 3. The van der Waals surface area contributed by atoms with E-state index < -0.39 is 29.0 Å². The van der Waals surface area contributed by atoms with Crippen molar-refractivity contribution in [3.05, 3.63) is 35.4 Å². The Morgan fingerprint density at radius 2 is 1.71 bits per heavy atom. The van der Waals surface area contributed by atoms with Gasteiger partial charge in [-0.15, -0.1) is 0 Å². The first-order valence-electron chi connectivity index (χ1n) is 7.39. The highest BCUT2D eigenvalue weighted by Gasteiger charge is 2.15. The van der Waals surface area contributed by atoms with Gasteiger partial charge in [0, 0.05) is 24.6 Å². The van der Waals surface area contributed by atoms with Gasteiger partial charge in [-0.1, -0.05) is 0 Å². The van der Waals surface area contributed by atoms with Crippen LogP contribution in [0, 0.1) is 11.6 Å². The summed E-state index contributed by atoms with van der Waals surface area (Å²) in [4.78, 5) is 34.8. The van der Waals surface area contributed by atoms with Gasteiger partial charge in [0.25, 0.3) is 5.91 Å². The van der Waals surface area contributed by atoms with Crippen LogP contribution in [0.1, 0.15) is 37.6 Å². The molecule has 0 spiro atoms. The Morgan fingerprint density at radius 1 is 1.04 bits per heavy atom. The molecule has 0 aliphatic carbocycles. The van der Waals surface area contributed by atoms with Gasteiger partial charge in [0.2, 0.25) is 11.8 Å².